The van der Waals surface area contributed by atoms with Gasteiger partial charge in [0.05, 0.1) is 11.9 Å². The summed E-state index contributed by atoms with van der Waals surface area (Å²) in [4.78, 5) is 11.9. The fourth-order valence-electron chi connectivity index (χ4n) is 1.71. The van der Waals surface area contributed by atoms with Crippen LogP contribution in [0.2, 0.25) is 0 Å². The molecule has 20 heavy (non-hydrogen) atoms. The lowest BCUT2D eigenvalue weighted by molar-refractivity contribution is -0.111. The summed E-state index contributed by atoms with van der Waals surface area (Å²) in [5.74, 6) is -0.168. The molecule has 2 rings (SSSR count). The highest BCUT2D eigenvalue weighted by atomic mass is 79.9. The van der Waals surface area contributed by atoms with E-state index in [9.17, 15) is 4.79 Å². The van der Waals surface area contributed by atoms with E-state index in [-0.39, 0.29) is 5.91 Å². The molecule has 1 aromatic carbocycles. The molecule has 1 heterocycles. The summed E-state index contributed by atoms with van der Waals surface area (Å²) in [6, 6.07) is 5.79. The number of nitrogens with one attached hydrogen (secondary N) is 1. The molecule has 1 amide bonds. The Labute approximate surface area is 126 Å². The Kier molecular flexibility index (Phi) is 4.74. The van der Waals surface area contributed by atoms with Crippen molar-refractivity contribution in [3.05, 3.63) is 52.3 Å². The lowest BCUT2D eigenvalue weighted by Crippen LogP contribution is -2.08. The van der Waals surface area contributed by atoms with E-state index in [1.54, 1.807) is 12.3 Å². The summed E-state index contributed by atoms with van der Waals surface area (Å²) in [7, 11) is 0. The van der Waals surface area contributed by atoms with E-state index >= 15 is 0 Å². The van der Waals surface area contributed by atoms with Crippen LogP contribution >= 0.6 is 15.9 Å². The summed E-state index contributed by atoms with van der Waals surface area (Å²) in [5, 5.41) is 6.98. The van der Waals surface area contributed by atoms with Crippen LogP contribution in [0.3, 0.4) is 0 Å². The minimum atomic E-state index is -0.168. The highest BCUT2D eigenvalue weighted by molar-refractivity contribution is 9.10. The topological polar surface area (TPSA) is 46.9 Å². The van der Waals surface area contributed by atoms with Gasteiger partial charge in [-0.05, 0) is 53.5 Å². The second-order valence-corrected chi connectivity index (χ2v) is 5.29. The van der Waals surface area contributed by atoms with Crippen molar-refractivity contribution < 1.29 is 4.79 Å². The van der Waals surface area contributed by atoms with Gasteiger partial charge in [-0.2, -0.15) is 5.10 Å². The quantitative estimate of drug-likeness (QED) is 0.868. The van der Waals surface area contributed by atoms with Gasteiger partial charge in [-0.15, -0.1) is 0 Å². The Morgan fingerprint density at radius 3 is 2.95 bits per heavy atom. The molecule has 5 heteroatoms. The number of halogens is 1. The maximum Gasteiger partial charge on any atom is 0.248 e. The largest absolute Gasteiger partial charge is 0.321 e. The molecule has 0 bridgehead atoms. The number of hydrogen-bond acceptors (Lipinski definition) is 2. The molecule has 0 aliphatic rings. The number of carbonyl (C=O) groups is 1. The molecule has 1 aromatic heterocycles. The van der Waals surface area contributed by atoms with Gasteiger partial charge in [-0.1, -0.05) is 6.07 Å². The second-order valence-electron chi connectivity index (χ2n) is 4.44. The number of anilines is 1. The van der Waals surface area contributed by atoms with Crippen LogP contribution in [0.15, 0.2) is 41.1 Å². The third kappa shape index (κ3) is 3.81. The molecule has 0 radical (unpaired) electrons. The SMILES string of the molecule is CCn1cc(/C=C/C(=O)Nc2ccc(C)cc2Br)cn1. The average molecular weight is 334 g/mol. The van der Waals surface area contributed by atoms with Crippen molar-refractivity contribution in [3.8, 4) is 0 Å². The normalized spacial score (nSPS) is 10.9. The van der Waals surface area contributed by atoms with E-state index in [0.29, 0.717) is 0 Å². The van der Waals surface area contributed by atoms with Gasteiger partial charge in [-0.3, -0.25) is 9.48 Å². The number of hydrogen-bond donors (Lipinski definition) is 1. The molecule has 0 saturated heterocycles. The zero-order valence-electron chi connectivity index (χ0n) is 11.4. The number of amides is 1. The fourth-order valence-corrected chi connectivity index (χ4v) is 2.30. The molecule has 104 valence electrons. The van der Waals surface area contributed by atoms with E-state index in [0.717, 1.165) is 27.8 Å². The number of carbonyl (C=O) groups excluding carboxylic acids is 1. The first-order valence-electron chi connectivity index (χ1n) is 6.36. The van der Waals surface area contributed by atoms with Crippen molar-refractivity contribution in [1.29, 1.82) is 0 Å². The van der Waals surface area contributed by atoms with Crippen LogP contribution in [-0.2, 0) is 11.3 Å². The third-order valence-corrected chi connectivity index (χ3v) is 3.44. The Bertz CT molecular complexity index is 646. The fraction of sp³-hybridized carbons (Fsp3) is 0.200. The molecule has 0 aliphatic carbocycles. The maximum atomic E-state index is 11.9. The first-order valence-corrected chi connectivity index (χ1v) is 7.15. The highest BCUT2D eigenvalue weighted by Gasteiger charge is 2.03. The first-order chi connectivity index (χ1) is 9.58. The minimum Gasteiger partial charge on any atom is -0.321 e. The monoisotopic (exact) mass is 333 g/mol. The molecule has 0 aliphatic heterocycles. The summed E-state index contributed by atoms with van der Waals surface area (Å²) in [6.07, 6.45) is 6.88. The van der Waals surface area contributed by atoms with Gasteiger partial charge in [0.2, 0.25) is 5.91 Å². The van der Waals surface area contributed by atoms with Gasteiger partial charge in [0.1, 0.15) is 0 Å². The van der Waals surface area contributed by atoms with Crippen molar-refractivity contribution >= 4 is 33.6 Å². The zero-order valence-corrected chi connectivity index (χ0v) is 13.0. The van der Waals surface area contributed by atoms with Crippen molar-refractivity contribution in [2.24, 2.45) is 0 Å². The molecule has 1 N–H and O–H groups in total. The van der Waals surface area contributed by atoms with Gasteiger partial charge >= 0.3 is 0 Å². The smallest absolute Gasteiger partial charge is 0.248 e. The molecule has 0 unspecified atom stereocenters. The van der Waals surface area contributed by atoms with Crippen LogP contribution in [0.1, 0.15) is 18.1 Å². The molecule has 0 saturated carbocycles. The van der Waals surface area contributed by atoms with E-state index < -0.39 is 0 Å². The Hall–Kier alpha value is -1.88. The van der Waals surface area contributed by atoms with Crippen LogP contribution < -0.4 is 5.32 Å². The molecule has 4 nitrogen and oxygen atoms in total. The van der Waals surface area contributed by atoms with Crippen molar-refractivity contribution in [2.45, 2.75) is 20.4 Å². The summed E-state index contributed by atoms with van der Waals surface area (Å²) >= 11 is 3.43. The van der Waals surface area contributed by atoms with E-state index in [1.807, 2.05) is 42.9 Å². The van der Waals surface area contributed by atoms with Crippen molar-refractivity contribution in [1.82, 2.24) is 9.78 Å². The predicted molar refractivity (Wildman–Crippen MR) is 84.4 cm³/mol. The molecule has 0 atom stereocenters. The summed E-state index contributed by atoms with van der Waals surface area (Å²) < 4.78 is 2.69. The Morgan fingerprint density at radius 2 is 2.30 bits per heavy atom. The van der Waals surface area contributed by atoms with E-state index in [4.69, 9.17) is 0 Å². The predicted octanol–water partition coefficient (Wildman–Crippen LogP) is 3.63. The van der Waals surface area contributed by atoms with Gasteiger partial charge < -0.3 is 5.32 Å². The first kappa shape index (κ1) is 14.5. The maximum absolute atomic E-state index is 11.9. The second kappa shape index (κ2) is 6.52. The molecule has 0 fully saturated rings. The van der Waals surface area contributed by atoms with E-state index in [1.165, 1.54) is 6.08 Å². The highest BCUT2D eigenvalue weighted by Crippen LogP contribution is 2.23. The third-order valence-electron chi connectivity index (χ3n) is 2.79. The minimum absolute atomic E-state index is 0.168. The van der Waals surface area contributed by atoms with Crippen molar-refractivity contribution in [2.75, 3.05) is 5.32 Å². The molecular formula is C15H16BrN3O. The zero-order chi connectivity index (χ0) is 14.5. The lowest BCUT2D eigenvalue weighted by atomic mass is 10.2. The molecule has 2 aromatic rings. The lowest BCUT2D eigenvalue weighted by Gasteiger charge is -2.05. The number of nitrogens with zero attached hydrogens (tertiary/aromatic N) is 2. The van der Waals surface area contributed by atoms with Crippen LogP contribution in [0.25, 0.3) is 6.08 Å². The van der Waals surface area contributed by atoms with E-state index in [2.05, 4.69) is 26.3 Å². The molecular weight excluding hydrogens is 318 g/mol. The molecule has 0 spiro atoms. The number of rotatable bonds is 4. The summed E-state index contributed by atoms with van der Waals surface area (Å²) in [5.41, 5.74) is 2.80. The number of benzene rings is 1. The van der Waals surface area contributed by atoms with Crippen molar-refractivity contribution in [3.63, 3.8) is 0 Å². The Balaban J connectivity index is 2.01. The number of aromatic nitrogens is 2. The van der Waals surface area contributed by atoms with Crippen LogP contribution in [0.5, 0.6) is 0 Å². The summed E-state index contributed by atoms with van der Waals surface area (Å²) in [6.45, 7) is 4.83. The standard InChI is InChI=1S/C15H16BrN3O/c1-3-19-10-12(9-17-19)5-7-15(20)18-14-6-4-11(2)8-13(14)16/h4-10H,3H2,1-2H3,(H,18,20)/b7-5+. The van der Waals surface area contributed by atoms with Gasteiger partial charge in [0.25, 0.3) is 0 Å². The Morgan fingerprint density at radius 1 is 1.50 bits per heavy atom. The van der Waals surface area contributed by atoms with Gasteiger partial charge in [-0.25, -0.2) is 0 Å². The van der Waals surface area contributed by atoms with Gasteiger partial charge in [0.15, 0.2) is 0 Å². The van der Waals surface area contributed by atoms with Crippen LogP contribution in [0.4, 0.5) is 5.69 Å². The van der Waals surface area contributed by atoms with Crippen LogP contribution in [-0.4, -0.2) is 15.7 Å². The van der Waals surface area contributed by atoms with Crippen LogP contribution in [0, 0.1) is 6.92 Å². The number of aryl methyl sites for hydroxylation is 2. The average Bonchev–Trinajstić information content (AvgIpc) is 2.88. The van der Waals surface area contributed by atoms with Gasteiger partial charge in [0, 0.05) is 28.9 Å².